The second kappa shape index (κ2) is 8.45. The predicted octanol–water partition coefficient (Wildman–Crippen LogP) is 4.43. The molecule has 158 valence electrons. The molecule has 2 unspecified atom stereocenters. The Hall–Kier alpha value is -0.180. The van der Waals surface area contributed by atoms with Crippen molar-refractivity contribution in [2.75, 3.05) is 5.75 Å². The summed E-state index contributed by atoms with van der Waals surface area (Å²) in [5.41, 5.74) is -1.18. The molecule has 0 aromatic carbocycles. The maximum absolute atomic E-state index is 12.8. The van der Waals surface area contributed by atoms with E-state index in [4.69, 9.17) is 0 Å². The minimum absolute atomic E-state index is 0.426. The summed E-state index contributed by atoms with van der Waals surface area (Å²) in [5, 5.41) is 0. The predicted molar refractivity (Wildman–Crippen MR) is 106 cm³/mol. The molecule has 0 saturated carbocycles. The maximum atomic E-state index is 12.8. The van der Waals surface area contributed by atoms with Gasteiger partial charge in [0.15, 0.2) is 0 Å². The van der Waals surface area contributed by atoms with Crippen LogP contribution in [0.3, 0.4) is 0 Å². The average Bonchev–Trinajstić information content (AvgIpc) is 2.35. The van der Waals surface area contributed by atoms with Crippen LogP contribution in [-0.2, 0) is 20.2 Å². The van der Waals surface area contributed by atoms with E-state index in [9.17, 15) is 25.9 Å². The second-order valence-corrected chi connectivity index (χ2v) is 12.7. The van der Waals surface area contributed by atoms with Gasteiger partial charge in [-0.1, -0.05) is 68.2 Å². The van der Waals surface area contributed by atoms with Crippen LogP contribution in [0.5, 0.6) is 0 Å². The first-order chi connectivity index (χ1) is 11.3. The van der Waals surface area contributed by atoms with Crippen molar-refractivity contribution in [1.29, 1.82) is 0 Å². The first-order valence-electron chi connectivity index (χ1n) is 9.26. The molecule has 0 bridgehead atoms. The lowest BCUT2D eigenvalue weighted by Gasteiger charge is -2.52. The van der Waals surface area contributed by atoms with E-state index in [0.29, 0.717) is 25.7 Å². The Morgan fingerprint density at radius 3 is 1.19 bits per heavy atom. The molecule has 0 heterocycles. The first kappa shape index (κ1) is 25.8. The molecule has 0 radical (unpaired) electrons. The van der Waals surface area contributed by atoms with Gasteiger partial charge in [-0.2, -0.15) is 16.8 Å². The Labute approximate surface area is 160 Å². The smallest absolute Gasteiger partial charge is 0.272 e. The molecule has 0 spiro atoms. The van der Waals surface area contributed by atoms with Crippen LogP contribution in [0.1, 0.15) is 81.1 Å². The molecule has 0 aliphatic rings. The maximum Gasteiger partial charge on any atom is 0.272 e. The highest BCUT2D eigenvalue weighted by atomic mass is 32.2. The molecular formula is C18H38O6S2. The van der Waals surface area contributed by atoms with Crippen LogP contribution in [0.15, 0.2) is 0 Å². The fourth-order valence-electron chi connectivity index (χ4n) is 4.56. The lowest BCUT2D eigenvalue weighted by molar-refractivity contribution is 0.0651. The van der Waals surface area contributed by atoms with Gasteiger partial charge < -0.3 is 0 Å². The summed E-state index contributed by atoms with van der Waals surface area (Å²) >= 11 is 0. The van der Waals surface area contributed by atoms with E-state index in [-0.39, 0.29) is 0 Å². The van der Waals surface area contributed by atoms with Crippen LogP contribution >= 0.6 is 0 Å². The van der Waals surface area contributed by atoms with Gasteiger partial charge in [0, 0.05) is 0 Å². The third-order valence-corrected chi connectivity index (χ3v) is 8.01. The minimum atomic E-state index is -4.81. The summed E-state index contributed by atoms with van der Waals surface area (Å²) in [5.74, 6) is -2.29. The van der Waals surface area contributed by atoms with Crippen molar-refractivity contribution < 1.29 is 25.9 Å². The van der Waals surface area contributed by atoms with Gasteiger partial charge in [0.05, 0.1) is 5.75 Å². The molecule has 0 saturated heterocycles. The van der Waals surface area contributed by atoms with Crippen molar-refractivity contribution in [1.82, 2.24) is 0 Å². The minimum Gasteiger partial charge on any atom is -0.285 e. The van der Waals surface area contributed by atoms with Gasteiger partial charge in [-0.3, -0.25) is 9.11 Å². The van der Waals surface area contributed by atoms with E-state index in [2.05, 4.69) is 0 Å². The molecule has 8 heteroatoms. The molecule has 0 aromatic heterocycles. The molecule has 0 aliphatic carbocycles. The monoisotopic (exact) mass is 414 g/mol. The van der Waals surface area contributed by atoms with Gasteiger partial charge in [-0.15, -0.1) is 0 Å². The average molecular weight is 415 g/mol. The van der Waals surface area contributed by atoms with E-state index >= 15 is 0 Å². The summed E-state index contributed by atoms with van der Waals surface area (Å²) in [6, 6.07) is 0. The van der Waals surface area contributed by atoms with E-state index in [1.165, 1.54) is 0 Å². The fourth-order valence-corrected chi connectivity index (χ4v) is 8.24. The molecule has 0 rings (SSSR count). The molecule has 0 fully saturated rings. The molecule has 26 heavy (non-hydrogen) atoms. The summed E-state index contributed by atoms with van der Waals surface area (Å²) in [7, 11) is -9.46. The zero-order valence-corrected chi connectivity index (χ0v) is 19.2. The summed E-state index contributed by atoms with van der Waals surface area (Å²) in [4.78, 5) is 0. The molecule has 0 amide bonds. The molecule has 2 N–H and O–H groups in total. The Morgan fingerprint density at radius 2 is 1.04 bits per heavy atom. The van der Waals surface area contributed by atoms with E-state index < -0.39 is 53.4 Å². The van der Waals surface area contributed by atoms with Gasteiger partial charge in [-0.05, 0) is 35.5 Å². The first-order valence-corrected chi connectivity index (χ1v) is 12.3. The van der Waals surface area contributed by atoms with E-state index in [1.54, 1.807) is 0 Å². The summed E-state index contributed by atoms with van der Waals surface area (Å²) in [6.45, 7) is 14.9. The Bertz CT molecular complexity index is 627. The summed E-state index contributed by atoms with van der Waals surface area (Å²) in [6.07, 6.45) is 2.12. The molecule has 0 aliphatic heterocycles. The van der Waals surface area contributed by atoms with Gasteiger partial charge >= 0.3 is 0 Å². The quantitative estimate of drug-likeness (QED) is 0.540. The third kappa shape index (κ3) is 6.17. The Balaban J connectivity index is 7.18. The van der Waals surface area contributed by atoms with Crippen LogP contribution in [-0.4, -0.2) is 36.4 Å². The highest BCUT2D eigenvalue weighted by Gasteiger charge is 2.61. The van der Waals surface area contributed by atoms with Crippen molar-refractivity contribution in [3.63, 3.8) is 0 Å². The second-order valence-electron chi connectivity index (χ2n) is 9.57. The number of hydrogen-bond acceptors (Lipinski definition) is 4. The van der Waals surface area contributed by atoms with Crippen LogP contribution in [0.4, 0.5) is 0 Å². The van der Waals surface area contributed by atoms with Crippen LogP contribution in [0.2, 0.25) is 0 Å². The van der Waals surface area contributed by atoms with Gasteiger partial charge in [-0.25, -0.2) is 0 Å². The molecule has 2 atom stereocenters. The normalized spacial score (nSPS) is 19.0. The van der Waals surface area contributed by atoms with Crippen molar-refractivity contribution in [3.05, 3.63) is 0 Å². The molecule has 6 nitrogen and oxygen atoms in total. The van der Waals surface area contributed by atoms with E-state index in [1.807, 2.05) is 55.4 Å². The van der Waals surface area contributed by atoms with Gasteiger partial charge in [0.25, 0.3) is 20.2 Å². The Morgan fingerprint density at radius 1 is 0.731 bits per heavy atom. The number of hydrogen-bond donors (Lipinski definition) is 2. The van der Waals surface area contributed by atoms with Crippen molar-refractivity contribution >= 4 is 20.2 Å². The van der Waals surface area contributed by atoms with Gasteiger partial charge in [0.2, 0.25) is 0 Å². The standard InChI is InChI=1S/C18H38O6S2/c1-9-11-14(16(3,4)5)18(26(22,23)24,13-25(19,20)21)15(12-10-2)17(6,7)8/h14-15H,9-13H2,1-8H3,(H,19,20,21)(H,22,23,24). The van der Waals surface area contributed by atoms with Crippen molar-refractivity contribution in [2.45, 2.75) is 85.8 Å². The lowest BCUT2D eigenvalue weighted by atomic mass is 9.60. The SMILES string of the molecule is CCCC(C(C)(C)C)C(CS(=O)(=O)O)(C(CCC)C(C)(C)C)S(=O)(=O)O. The lowest BCUT2D eigenvalue weighted by Crippen LogP contribution is -2.62. The number of rotatable bonds is 9. The van der Waals surface area contributed by atoms with E-state index in [0.717, 1.165) is 0 Å². The van der Waals surface area contributed by atoms with Crippen molar-refractivity contribution in [3.8, 4) is 0 Å². The molecule has 0 aromatic rings. The highest BCUT2D eigenvalue weighted by Crippen LogP contribution is 2.53. The zero-order chi connectivity index (χ0) is 21.2. The fraction of sp³-hybridized carbons (Fsp3) is 1.00. The Kier molecular flexibility index (Phi) is 8.39. The van der Waals surface area contributed by atoms with Crippen LogP contribution in [0, 0.1) is 22.7 Å². The van der Waals surface area contributed by atoms with Gasteiger partial charge in [0.1, 0.15) is 4.75 Å². The topological polar surface area (TPSA) is 109 Å². The highest BCUT2D eigenvalue weighted by molar-refractivity contribution is 7.90. The molecular weight excluding hydrogens is 376 g/mol. The third-order valence-electron chi connectivity index (χ3n) is 5.31. The van der Waals surface area contributed by atoms with Crippen LogP contribution < -0.4 is 0 Å². The van der Waals surface area contributed by atoms with Crippen LogP contribution in [0.25, 0.3) is 0 Å². The zero-order valence-electron chi connectivity index (χ0n) is 17.5. The van der Waals surface area contributed by atoms with Crippen molar-refractivity contribution in [2.24, 2.45) is 22.7 Å². The largest absolute Gasteiger partial charge is 0.285 e. The summed E-state index contributed by atoms with van der Waals surface area (Å²) < 4.78 is 67.7.